The summed E-state index contributed by atoms with van der Waals surface area (Å²) < 4.78 is 5.08. The Labute approximate surface area is 103 Å². The molecule has 7 heteroatoms. The van der Waals surface area contributed by atoms with Crippen LogP contribution in [-0.2, 0) is 0 Å². The third-order valence-corrected chi connectivity index (χ3v) is 2.05. The molecule has 0 spiro atoms. The molecule has 0 atom stereocenters. The number of aromatic nitrogens is 3. The molecule has 2 N–H and O–H groups in total. The number of hydrogen-bond donors (Lipinski definition) is 2. The van der Waals surface area contributed by atoms with Gasteiger partial charge < -0.3 is 4.74 Å². The summed E-state index contributed by atoms with van der Waals surface area (Å²) in [6, 6.07) is 7.38. The molecule has 0 unspecified atom stereocenters. The Morgan fingerprint density at radius 3 is 3.17 bits per heavy atom. The Morgan fingerprint density at radius 1 is 1.50 bits per heavy atom. The van der Waals surface area contributed by atoms with E-state index in [-0.39, 0.29) is 11.5 Å². The average molecular weight is 245 g/mol. The summed E-state index contributed by atoms with van der Waals surface area (Å²) >= 11 is 0. The lowest BCUT2D eigenvalue weighted by Crippen LogP contribution is -2.10. The molecule has 0 fully saturated rings. The number of nitrogens with one attached hydrogen (secondary N) is 2. The maximum absolute atomic E-state index is 10.9. The second kappa shape index (κ2) is 5.58. The molecule has 2 aromatic rings. The molecule has 7 nitrogen and oxygen atoms in total. The number of aromatic amines is 1. The van der Waals surface area contributed by atoms with E-state index in [1.54, 1.807) is 13.3 Å². The summed E-state index contributed by atoms with van der Waals surface area (Å²) in [5, 5.41) is 11.1. The molecule has 1 aromatic carbocycles. The van der Waals surface area contributed by atoms with E-state index < -0.39 is 0 Å². The van der Waals surface area contributed by atoms with Gasteiger partial charge in [0.15, 0.2) is 0 Å². The monoisotopic (exact) mass is 245 g/mol. The van der Waals surface area contributed by atoms with Crippen molar-refractivity contribution in [1.82, 2.24) is 15.2 Å². The van der Waals surface area contributed by atoms with Crippen molar-refractivity contribution in [2.45, 2.75) is 0 Å². The first-order valence-electron chi connectivity index (χ1n) is 5.13. The molecule has 1 heterocycles. The first-order valence-corrected chi connectivity index (χ1v) is 5.13. The summed E-state index contributed by atoms with van der Waals surface area (Å²) in [7, 11) is 1.60. The highest BCUT2D eigenvalue weighted by Gasteiger charge is 1.94. The first kappa shape index (κ1) is 11.8. The van der Waals surface area contributed by atoms with Crippen molar-refractivity contribution in [3.8, 4) is 5.75 Å². The molecule has 0 aliphatic carbocycles. The van der Waals surface area contributed by atoms with Crippen molar-refractivity contribution in [3.05, 3.63) is 46.4 Å². The van der Waals surface area contributed by atoms with Crippen LogP contribution in [0.3, 0.4) is 0 Å². The molecule has 0 bridgehead atoms. The van der Waals surface area contributed by atoms with E-state index in [0.29, 0.717) is 0 Å². The van der Waals surface area contributed by atoms with Gasteiger partial charge in [-0.15, -0.1) is 10.2 Å². The van der Waals surface area contributed by atoms with Gasteiger partial charge in [0.2, 0.25) is 5.95 Å². The molecule has 1 aromatic heterocycles. The molecular formula is C11H11N5O2. The van der Waals surface area contributed by atoms with Gasteiger partial charge in [-0.3, -0.25) is 9.78 Å². The molecule has 18 heavy (non-hydrogen) atoms. The molecule has 2 rings (SSSR count). The van der Waals surface area contributed by atoms with Gasteiger partial charge in [0.05, 0.1) is 13.3 Å². The van der Waals surface area contributed by atoms with Gasteiger partial charge in [-0.2, -0.15) is 5.10 Å². The normalized spacial score (nSPS) is 10.5. The topological polar surface area (TPSA) is 92.3 Å². The number of nitrogens with zero attached hydrogens (tertiary/aromatic N) is 3. The number of ether oxygens (including phenoxy) is 1. The number of hydrazone groups is 1. The van der Waals surface area contributed by atoms with Gasteiger partial charge in [-0.25, -0.2) is 5.43 Å². The largest absolute Gasteiger partial charge is 0.497 e. The van der Waals surface area contributed by atoms with Crippen LogP contribution in [0.4, 0.5) is 5.95 Å². The van der Waals surface area contributed by atoms with Crippen molar-refractivity contribution in [3.63, 3.8) is 0 Å². The van der Waals surface area contributed by atoms with Crippen LogP contribution in [0.2, 0.25) is 0 Å². The fourth-order valence-corrected chi connectivity index (χ4v) is 1.25. The molecule has 92 valence electrons. The highest BCUT2D eigenvalue weighted by molar-refractivity contribution is 5.80. The summed E-state index contributed by atoms with van der Waals surface area (Å²) in [6.45, 7) is 0. The lowest BCUT2D eigenvalue weighted by Gasteiger charge is -2.00. The maximum Gasteiger partial charge on any atom is 0.271 e. The molecular weight excluding hydrogens is 234 g/mol. The number of anilines is 1. The number of benzene rings is 1. The van der Waals surface area contributed by atoms with Crippen LogP contribution in [0.25, 0.3) is 0 Å². The van der Waals surface area contributed by atoms with Crippen LogP contribution in [0.5, 0.6) is 5.75 Å². The van der Waals surface area contributed by atoms with Crippen LogP contribution < -0.4 is 15.7 Å². The van der Waals surface area contributed by atoms with Crippen LogP contribution in [0, 0.1) is 0 Å². The van der Waals surface area contributed by atoms with E-state index in [9.17, 15) is 4.79 Å². The standard InChI is InChI=1S/C11H11N5O2/c1-18-9-4-2-3-8(5-9)6-12-15-11-14-10(17)7-13-16-11/h2-7H,1H3,(H2,14,15,16,17)/b12-6+. The number of rotatable bonds is 4. The second-order valence-corrected chi connectivity index (χ2v) is 3.33. The highest BCUT2D eigenvalue weighted by atomic mass is 16.5. The van der Waals surface area contributed by atoms with Crippen LogP contribution in [-0.4, -0.2) is 28.5 Å². The molecule has 0 aliphatic rings. The van der Waals surface area contributed by atoms with E-state index in [0.717, 1.165) is 17.5 Å². The maximum atomic E-state index is 10.9. The van der Waals surface area contributed by atoms with Crippen molar-refractivity contribution in [1.29, 1.82) is 0 Å². The third-order valence-electron chi connectivity index (χ3n) is 2.05. The average Bonchev–Trinajstić information content (AvgIpc) is 2.39. The summed E-state index contributed by atoms with van der Waals surface area (Å²) in [5.41, 5.74) is 3.08. The summed E-state index contributed by atoms with van der Waals surface area (Å²) in [5.74, 6) is 0.925. The number of hydrogen-bond acceptors (Lipinski definition) is 6. The lowest BCUT2D eigenvalue weighted by atomic mass is 10.2. The van der Waals surface area contributed by atoms with Crippen LogP contribution in [0.15, 0.2) is 40.4 Å². The Bertz CT molecular complexity index is 608. The van der Waals surface area contributed by atoms with Crippen molar-refractivity contribution in [2.75, 3.05) is 12.5 Å². The quantitative estimate of drug-likeness (QED) is 0.608. The zero-order chi connectivity index (χ0) is 12.8. The fraction of sp³-hybridized carbons (Fsp3) is 0.0909. The minimum absolute atomic E-state index is 0.182. The third kappa shape index (κ3) is 3.14. The second-order valence-electron chi connectivity index (χ2n) is 3.33. The molecule has 0 aliphatic heterocycles. The first-order chi connectivity index (χ1) is 8.78. The van der Waals surface area contributed by atoms with Gasteiger partial charge in [-0.1, -0.05) is 12.1 Å². The Morgan fingerprint density at radius 2 is 2.39 bits per heavy atom. The molecule has 0 saturated heterocycles. The minimum Gasteiger partial charge on any atom is -0.497 e. The molecule has 0 amide bonds. The fourth-order valence-electron chi connectivity index (χ4n) is 1.25. The van der Waals surface area contributed by atoms with Gasteiger partial charge >= 0.3 is 0 Å². The van der Waals surface area contributed by atoms with Crippen LogP contribution in [0.1, 0.15) is 5.56 Å². The highest BCUT2D eigenvalue weighted by Crippen LogP contribution is 2.10. The Kier molecular flexibility index (Phi) is 3.65. The predicted octanol–water partition coefficient (Wildman–Crippen LogP) is 0.619. The van der Waals surface area contributed by atoms with Gasteiger partial charge in [-0.05, 0) is 17.7 Å². The molecule has 0 saturated carbocycles. The summed E-state index contributed by atoms with van der Waals surface area (Å²) in [4.78, 5) is 13.4. The van der Waals surface area contributed by atoms with E-state index in [4.69, 9.17) is 4.74 Å². The van der Waals surface area contributed by atoms with E-state index in [1.165, 1.54) is 0 Å². The van der Waals surface area contributed by atoms with Gasteiger partial charge in [0, 0.05) is 0 Å². The number of H-pyrrole nitrogens is 1. The number of methoxy groups -OCH3 is 1. The van der Waals surface area contributed by atoms with Gasteiger partial charge in [0.25, 0.3) is 5.56 Å². The van der Waals surface area contributed by atoms with Crippen LogP contribution >= 0.6 is 0 Å². The predicted molar refractivity (Wildman–Crippen MR) is 66.9 cm³/mol. The Hall–Kier alpha value is -2.70. The van der Waals surface area contributed by atoms with E-state index in [2.05, 4.69) is 25.7 Å². The SMILES string of the molecule is COc1cccc(/C=N/Nc2nncc(=O)[nH]2)c1. The smallest absolute Gasteiger partial charge is 0.271 e. The van der Waals surface area contributed by atoms with E-state index >= 15 is 0 Å². The van der Waals surface area contributed by atoms with Gasteiger partial charge in [0.1, 0.15) is 11.9 Å². The summed E-state index contributed by atoms with van der Waals surface area (Å²) in [6.07, 6.45) is 2.66. The zero-order valence-electron chi connectivity index (χ0n) is 9.62. The van der Waals surface area contributed by atoms with E-state index in [1.807, 2.05) is 24.3 Å². The molecule has 0 radical (unpaired) electrons. The lowest BCUT2D eigenvalue weighted by molar-refractivity contribution is 0.415. The van der Waals surface area contributed by atoms with Crippen molar-refractivity contribution >= 4 is 12.2 Å². The minimum atomic E-state index is -0.343. The zero-order valence-corrected chi connectivity index (χ0v) is 9.62. The Balaban J connectivity index is 2.05. The van der Waals surface area contributed by atoms with Crippen molar-refractivity contribution in [2.24, 2.45) is 5.10 Å². The van der Waals surface area contributed by atoms with Crippen molar-refractivity contribution < 1.29 is 4.74 Å².